The molecule has 0 aromatic rings. The van der Waals surface area contributed by atoms with Crippen LogP contribution in [0.1, 0.15) is 66.2 Å². The van der Waals surface area contributed by atoms with E-state index in [2.05, 4.69) is 13.8 Å². The van der Waals surface area contributed by atoms with Crippen molar-refractivity contribution in [3.63, 3.8) is 0 Å². The highest BCUT2D eigenvalue weighted by Gasteiger charge is 2.37. The monoisotopic (exact) mass is 265 g/mol. The van der Waals surface area contributed by atoms with Crippen LogP contribution in [0.4, 0.5) is 13.9 Å². The van der Waals surface area contributed by atoms with Gasteiger partial charge >= 0.3 is 0 Å². The summed E-state index contributed by atoms with van der Waals surface area (Å²) >= 11 is 0. The first kappa shape index (κ1) is 23.0. The second-order valence-corrected chi connectivity index (χ2v) is 5.19. The van der Waals surface area contributed by atoms with Crippen LogP contribution in [0.2, 0.25) is 0 Å². The van der Waals surface area contributed by atoms with E-state index in [1.807, 2.05) is 13.8 Å². The fourth-order valence-corrected chi connectivity index (χ4v) is 3.65. The van der Waals surface area contributed by atoms with Crippen molar-refractivity contribution >= 4 is 8.41 Å². The van der Waals surface area contributed by atoms with Gasteiger partial charge in [-0.05, 0) is 36.5 Å². The Bertz CT molecular complexity index is 165. The van der Waals surface area contributed by atoms with Gasteiger partial charge in [0.15, 0.2) is 0 Å². The predicted molar refractivity (Wildman–Crippen MR) is 74.8 cm³/mol. The van der Waals surface area contributed by atoms with Crippen LogP contribution < -0.4 is 0 Å². The van der Waals surface area contributed by atoms with Gasteiger partial charge in [-0.15, -0.1) is 0 Å². The molecule has 3 atom stereocenters. The van der Waals surface area contributed by atoms with Crippen molar-refractivity contribution in [3.05, 3.63) is 0 Å². The molecule has 0 bridgehead atoms. The van der Waals surface area contributed by atoms with E-state index in [1.165, 1.54) is 19.3 Å². The van der Waals surface area contributed by atoms with E-state index in [1.54, 1.807) is 19.3 Å². The number of rotatable bonds is 1. The molecular weight excluding hydrogens is 236 g/mol. The first-order chi connectivity index (χ1) is 7.79. The molecule has 18 heavy (non-hydrogen) atoms. The second-order valence-electron chi connectivity index (χ2n) is 5.19. The Hall–Kier alpha value is -0.145. The molecule has 0 aromatic carbocycles. The summed E-state index contributed by atoms with van der Waals surface area (Å²) in [5.41, 5.74) is 0. The molecule has 2 saturated carbocycles. The summed E-state index contributed by atoms with van der Waals surface area (Å²) in [6.45, 7) is 8.84. The lowest BCUT2D eigenvalue weighted by Gasteiger charge is -2.36. The third kappa shape index (κ3) is 6.15. The molecular formula is C14H29BF3. The molecule has 2 aliphatic carbocycles. The van der Waals surface area contributed by atoms with E-state index in [0.717, 1.165) is 23.7 Å². The van der Waals surface area contributed by atoms with Gasteiger partial charge in [-0.2, -0.15) is 0 Å². The normalized spacial score (nSPS) is 28.5. The van der Waals surface area contributed by atoms with Crippen LogP contribution in [0.3, 0.4) is 0 Å². The number of fused-ring (bicyclic) bond motifs is 1. The molecule has 4 heteroatoms. The van der Waals surface area contributed by atoms with Crippen molar-refractivity contribution in [1.29, 1.82) is 0 Å². The minimum absolute atomic E-state index is 0. The minimum atomic E-state index is 0. The Labute approximate surface area is 113 Å². The van der Waals surface area contributed by atoms with Crippen LogP contribution in [-0.4, -0.2) is 8.41 Å². The maximum atomic E-state index is 8.00. The largest absolute Gasteiger partial charge is 0.269 e. The van der Waals surface area contributed by atoms with Crippen molar-refractivity contribution in [2.75, 3.05) is 0 Å². The van der Waals surface area contributed by atoms with Crippen molar-refractivity contribution in [2.45, 2.75) is 66.2 Å². The van der Waals surface area contributed by atoms with Gasteiger partial charge in [-0.3, -0.25) is 4.70 Å². The van der Waals surface area contributed by atoms with Gasteiger partial charge in [0.2, 0.25) is 0 Å². The first-order valence-corrected chi connectivity index (χ1v) is 6.93. The Morgan fingerprint density at radius 1 is 0.889 bits per heavy atom. The fraction of sp³-hybridized carbons (Fsp3) is 1.00. The van der Waals surface area contributed by atoms with Gasteiger partial charge in [-0.25, -0.2) is 0 Å². The Morgan fingerprint density at radius 2 is 1.33 bits per heavy atom. The standard InChI is InChI=1S/C12H22.C2H6.B.F2.FH/c1-9(2)11-7-3-5-10-6-4-8-12(10)11;1-2;;1-2;/h9-12H,3-8H2,1-2H3;1-2H3;;;1H. The zero-order valence-corrected chi connectivity index (χ0v) is 12.3. The lowest BCUT2D eigenvalue weighted by atomic mass is 9.69. The van der Waals surface area contributed by atoms with Crippen LogP contribution in [0.15, 0.2) is 0 Å². The maximum absolute atomic E-state index is 8.00. The average Bonchev–Trinajstić information content (AvgIpc) is 2.81. The van der Waals surface area contributed by atoms with E-state index in [0.29, 0.717) is 0 Å². The molecule has 0 amide bonds. The van der Waals surface area contributed by atoms with Gasteiger partial charge in [0.1, 0.15) is 0 Å². The number of halogens is 3. The third-order valence-electron chi connectivity index (χ3n) is 4.24. The topological polar surface area (TPSA) is 0 Å². The summed E-state index contributed by atoms with van der Waals surface area (Å²) in [4.78, 5) is 0. The molecule has 3 radical (unpaired) electrons. The lowest BCUT2D eigenvalue weighted by Crippen LogP contribution is -2.27. The molecule has 0 nitrogen and oxygen atoms in total. The van der Waals surface area contributed by atoms with Crippen LogP contribution in [0, 0.1) is 23.7 Å². The molecule has 0 heterocycles. The molecule has 2 aliphatic rings. The second kappa shape index (κ2) is 13.3. The lowest BCUT2D eigenvalue weighted by molar-refractivity contribution is 0.108. The highest BCUT2D eigenvalue weighted by atomic mass is 20.0. The molecule has 0 N–H and O–H groups in total. The van der Waals surface area contributed by atoms with Gasteiger partial charge in [-0.1, -0.05) is 53.4 Å². The molecule has 0 aromatic heterocycles. The summed E-state index contributed by atoms with van der Waals surface area (Å²) in [5, 5.41) is 0. The Balaban J connectivity index is -0.000000344. The van der Waals surface area contributed by atoms with Gasteiger partial charge in [0.25, 0.3) is 0 Å². The fourth-order valence-electron chi connectivity index (χ4n) is 3.65. The average molecular weight is 265 g/mol. The summed E-state index contributed by atoms with van der Waals surface area (Å²) in [5.74, 6) is 4.27. The van der Waals surface area contributed by atoms with Crippen LogP contribution in [0.5, 0.6) is 0 Å². The summed E-state index contributed by atoms with van der Waals surface area (Å²) < 4.78 is 16.0. The van der Waals surface area contributed by atoms with Crippen molar-refractivity contribution in [2.24, 2.45) is 23.7 Å². The van der Waals surface area contributed by atoms with Crippen LogP contribution in [-0.2, 0) is 0 Å². The van der Waals surface area contributed by atoms with E-state index in [9.17, 15) is 0 Å². The summed E-state index contributed by atoms with van der Waals surface area (Å²) in [6, 6.07) is 0. The zero-order valence-electron chi connectivity index (χ0n) is 12.3. The molecule has 0 spiro atoms. The minimum Gasteiger partial charge on any atom is -0.269 e. The molecule has 3 unspecified atom stereocenters. The molecule has 2 fully saturated rings. The van der Waals surface area contributed by atoms with Gasteiger partial charge in [0.05, 0.1) is 0 Å². The van der Waals surface area contributed by atoms with Crippen molar-refractivity contribution < 1.29 is 13.9 Å². The first-order valence-electron chi connectivity index (χ1n) is 6.93. The molecule has 109 valence electrons. The molecule has 0 saturated heterocycles. The van der Waals surface area contributed by atoms with Crippen LogP contribution in [0.25, 0.3) is 0 Å². The SMILES string of the molecule is CC.CC(C)C1CCCC2CCCC21.F.FF.[B]. The van der Waals surface area contributed by atoms with Gasteiger partial charge < -0.3 is 0 Å². The zero-order chi connectivity index (χ0) is 12.6. The van der Waals surface area contributed by atoms with Gasteiger partial charge in [0, 0.05) is 17.6 Å². The predicted octanol–water partition coefficient (Wildman–Crippen LogP) is 5.50. The maximum Gasteiger partial charge on any atom is 0 e. The van der Waals surface area contributed by atoms with Crippen molar-refractivity contribution in [1.82, 2.24) is 0 Å². The van der Waals surface area contributed by atoms with E-state index >= 15 is 0 Å². The molecule has 2 rings (SSSR count). The summed E-state index contributed by atoms with van der Waals surface area (Å²) in [7, 11) is 0. The molecule has 0 aliphatic heterocycles. The van der Waals surface area contributed by atoms with E-state index in [-0.39, 0.29) is 13.1 Å². The quantitative estimate of drug-likeness (QED) is 0.549. The number of hydrogen-bond donors (Lipinski definition) is 0. The summed E-state index contributed by atoms with van der Waals surface area (Å²) in [6.07, 6.45) is 9.22. The highest BCUT2D eigenvalue weighted by Crippen LogP contribution is 2.47. The number of hydrogen-bond acceptors (Lipinski definition) is 0. The smallest absolute Gasteiger partial charge is 0 e. The Morgan fingerprint density at radius 3 is 1.78 bits per heavy atom. The third-order valence-corrected chi connectivity index (χ3v) is 4.24. The van der Waals surface area contributed by atoms with E-state index < -0.39 is 0 Å². The Kier molecular flexibility index (Phi) is 17.0. The highest BCUT2D eigenvalue weighted by molar-refractivity contribution is 5.75. The van der Waals surface area contributed by atoms with Crippen LogP contribution >= 0.6 is 0 Å². The van der Waals surface area contributed by atoms with Crippen molar-refractivity contribution in [3.8, 4) is 0 Å². The van der Waals surface area contributed by atoms with E-state index in [4.69, 9.17) is 9.15 Å².